The van der Waals surface area contributed by atoms with E-state index in [9.17, 15) is 8.42 Å². The highest BCUT2D eigenvalue weighted by molar-refractivity contribution is 7.87. The Balaban J connectivity index is 1.86. The maximum Gasteiger partial charge on any atom is 0.279 e. The van der Waals surface area contributed by atoms with Gasteiger partial charge in [0, 0.05) is 32.2 Å². The van der Waals surface area contributed by atoms with Gasteiger partial charge < -0.3 is 5.32 Å². The molecule has 19 heavy (non-hydrogen) atoms. The number of hydrogen-bond donors (Lipinski definition) is 2. The van der Waals surface area contributed by atoms with Gasteiger partial charge in [0.05, 0.1) is 0 Å². The van der Waals surface area contributed by atoms with Crippen LogP contribution in [0.4, 0.5) is 0 Å². The van der Waals surface area contributed by atoms with Gasteiger partial charge in [-0.3, -0.25) is 4.90 Å². The molecule has 0 aromatic rings. The Morgan fingerprint density at radius 1 is 1.32 bits per heavy atom. The molecule has 0 spiro atoms. The summed E-state index contributed by atoms with van der Waals surface area (Å²) in [7, 11) is 0.193. The Morgan fingerprint density at radius 3 is 2.84 bits per heavy atom. The van der Waals surface area contributed by atoms with E-state index < -0.39 is 10.2 Å². The van der Waals surface area contributed by atoms with Crippen LogP contribution in [-0.4, -0.2) is 70.0 Å². The fourth-order valence-corrected chi connectivity index (χ4v) is 4.31. The van der Waals surface area contributed by atoms with Crippen LogP contribution in [-0.2, 0) is 10.2 Å². The van der Waals surface area contributed by atoms with Crippen molar-refractivity contribution >= 4 is 10.2 Å². The number of nitrogens with zero attached hydrogens (tertiary/aromatic N) is 2. The fraction of sp³-hybridized carbons (Fsp3) is 1.00. The van der Waals surface area contributed by atoms with E-state index in [0.717, 1.165) is 38.9 Å². The summed E-state index contributed by atoms with van der Waals surface area (Å²) >= 11 is 0. The van der Waals surface area contributed by atoms with Crippen LogP contribution in [0.15, 0.2) is 0 Å². The zero-order chi connectivity index (χ0) is 13.9. The number of rotatable bonds is 7. The van der Waals surface area contributed by atoms with Crippen molar-refractivity contribution in [1.29, 1.82) is 0 Å². The lowest BCUT2D eigenvalue weighted by molar-refractivity contribution is 0.307. The smallest absolute Gasteiger partial charge is 0.279 e. The van der Waals surface area contributed by atoms with Gasteiger partial charge in [0.15, 0.2) is 0 Å². The molecular weight excluding hydrogens is 264 g/mol. The first-order valence-electron chi connectivity index (χ1n) is 7.17. The lowest BCUT2D eigenvalue weighted by atomic mass is 10.1. The average Bonchev–Trinajstić information content (AvgIpc) is 2.94. The SMILES string of the molecule is CNCCCN(C)S(=O)(=O)NC1CCN2CCCC12. The highest BCUT2D eigenvalue weighted by Crippen LogP contribution is 2.28. The first-order valence-corrected chi connectivity index (χ1v) is 8.61. The van der Waals surface area contributed by atoms with Gasteiger partial charge in [-0.05, 0) is 45.8 Å². The van der Waals surface area contributed by atoms with Gasteiger partial charge in [-0.15, -0.1) is 0 Å². The molecule has 2 aliphatic heterocycles. The predicted molar refractivity (Wildman–Crippen MR) is 76.2 cm³/mol. The van der Waals surface area contributed by atoms with Gasteiger partial charge >= 0.3 is 0 Å². The minimum absolute atomic E-state index is 0.0965. The maximum atomic E-state index is 12.2. The third-order valence-electron chi connectivity index (χ3n) is 4.22. The summed E-state index contributed by atoms with van der Waals surface area (Å²) in [6.45, 7) is 3.54. The van der Waals surface area contributed by atoms with E-state index in [1.165, 1.54) is 10.7 Å². The summed E-state index contributed by atoms with van der Waals surface area (Å²) in [5.74, 6) is 0. The molecule has 7 heteroatoms. The molecule has 0 amide bonds. The van der Waals surface area contributed by atoms with Crippen LogP contribution in [0.2, 0.25) is 0 Å². The maximum absolute atomic E-state index is 12.2. The third kappa shape index (κ3) is 3.66. The van der Waals surface area contributed by atoms with E-state index >= 15 is 0 Å². The lowest BCUT2D eigenvalue weighted by Crippen LogP contribution is -2.48. The van der Waals surface area contributed by atoms with Crippen molar-refractivity contribution in [2.24, 2.45) is 0 Å². The minimum Gasteiger partial charge on any atom is -0.320 e. The topological polar surface area (TPSA) is 64.7 Å². The molecule has 0 radical (unpaired) electrons. The van der Waals surface area contributed by atoms with Gasteiger partial charge in [-0.1, -0.05) is 0 Å². The Kier molecular flexibility index (Phi) is 5.19. The lowest BCUT2D eigenvalue weighted by Gasteiger charge is -2.24. The molecule has 2 rings (SSSR count). The van der Waals surface area contributed by atoms with E-state index in [1.54, 1.807) is 7.05 Å². The molecular formula is C12H26N4O2S. The second kappa shape index (κ2) is 6.49. The van der Waals surface area contributed by atoms with Crippen LogP contribution < -0.4 is 10.0 Å². The third-order valence-corrected chi connectivity index (χ3v) is 5.82. The molecule has 2 heterocycles. The molecule has 112 valence electrons. The number of nitrogens with one attached hydrogen (secondary N) is 2. The Hall–Kier alpha value is -0.210. The van der Waals surface area contributed by atoms with Crippen LogP contribution >= 0.6 is 0 Å². The fourth-order valence-electron chi connectivity index (χ4n) is 3.10. The average molecular weight is 290 g/mol. The van der Waals surface area contributed by atoms with Crippen molar-refractivity contribution in [2.75, 3.05) is 40.3 Å². The Bertz CT molecular complexity index is 387. The highest BCUT2D eigenvalue weighted by atomic mass is 32.2. The molecule has 2 aliphatic rings. The number of fused-ring (bicyclic) bond motifs is 1. The molecule has 0 aromatic carbocycles. The van der Waals surface area contributed by atoms with Crippen LogP contribution in [0.3, 0.4) is 0 Å². The molecule has 0 bridgehead atoms. The van der Waals surface area contributed by atoms with E-state index in [0.29, 0.717) is 12.6 Å². The van der Waals surface area contributed by atoms with Gasteiger partial charge in [-0.2, -0.15) is 17.4 Å². The van der Waals surface area contributed by atoms with Gasteiger partial charge in [0.2, 0.25) is 0 Å². The molecule has 2 atom stereocenters. The van der Waals surface area contributed by atoms with Gasteiger partial charge in [0.25, 0.3) is 10.2 Å². The van der Waals surface area contributed by atoms with Crippen molar-refractivity contribution < 1.29 is 8.42 Å². The molecule has 0 saturated carbocycles. The van der Waals surface area contributed by atoms with Crippen molar-refractivity contribution in [2.45, 2.75) is 37.8 Å². The van der Waals surface area contributed by atoms with Crippen LogP contribution in [0, 0.1) is 0 Å². The Morgan fingerprint density at radius 2 is 2.11 bits per heavy atom. The first-order chi connectivity index (χ1) is 9.04. The van der Waals surface area contributed by atoms with E-state index in [1.807, 2.05) is 7.05 Å². The summed E-state index contributed by atoms with van der Waals surface area (Å²) in [5.41, 5.74) is 0. The standard InChI is InChI=1S/C12H26N4O2S/c1-13-7-4-8-15(2)19(17,18)14-11-6-10-16-9-3-5-12(11)16/h11-14H,3-10H2,1-2H3. The van der Waals surface area contributed by atoms with E-state index in [4.69, 9.17) is 0 Å². The summed E-state index contributed by atoms with van der Waals surface area (Å²) < 4.78 is 28.8. The largest absolute Gasteiger partial charge is 0.320 e. The quantitative estimate of drug-likeness (QED) is 0.626. The first kappa shape index (κ1) is 15.2. The molecule has 6 nitrogen and oxygen atoms in total. The van der Waals surface area contributed by atoms with Gasteiger partial charge in [0.1, 0.15) is 0 Å². The normalized spacial score (nSPS) is 28.2. The molecule has 2 fully saturated rings. The summed E-state index contributed by atoms with van der Waals surface area (Å²) in [5, 5.41) is 3.03. The second-order valence-electron chi connectivity index (χ2n) is 5.54. The van der Waals surface area contributed by atoms with Crippen LogP contribution in [0.1, 0.15) is 25.7 Å². The monoisotopic (exact) mass is 290 g/mol. The second-order valence-corrected chi connectivity index (χ2v) is 7.35. The van der Waals surface area contributed by atoms with Crippen molar-refractivity contribution in [3.8, 4) is 0 Å². The number of hydrogen-bond acceptors (Lipinski definition) is 4. The van der Waals surface area contributed by atoms with E-state index in [2.05, 4.69) is 14.9 Å². The van der Waals surface area contributed by atoms with Crippen LogP contribution in [0.5, 0.6) is 0 Å². The molecule has 0 aromatic heterocycles. The summed E-state index contributed by atoms with van der Waals surface area (Å²) in [6.07, 6.45) is 4.08. The zero-order valence-electron chi connectivity index (χ0n) is 11.9. The van der Waals surface area contributed by atoms with Crippen molar-refractivity contribution in [3.63, 3.8) is 0 Å². The predicted octanol–water partition coefficient (Wildman–Crippen LogP) is -0.401. The summed E-state index contributed by atoms with van der Waals surface area (Å²) in [6, 6.07) is 0.514. The highest BCUT2D eigenvalue weighted by Gasteiger charge is 2.39. The minimum atomic E-state index is -3.33. The van der Waals surface area contributed by atoms with Gasteiger partial charge in [-0.25, -0.2) is 0 Å². The molecule has 2 saturated heterocycles. The van der Waals surface area contributed by atoms with Crippen molar-refractivity contribution in [3.05, 3.63) is 0 Å². The summed E-state index contributed by atoms with van der Waals surface area (Å²) in [4.78, 5) is 2.41. The van der Waals surface area contributed by atoms with Crippen molar-refractivity contribution in [1.82, 2.24) is 19.2 Å². The molecule has 2 N–H and O–H groups in total. The van der Waals surface area contributed by atoms with Crippen LogP contribution in [0.25, 0.3) is 0 Å². The Labute approximate surface area is 116 Å². The zero-order valence-corrected chi connectivity index (χ0v) is 12.7. The van der Waals surface area contributed by atoms with E-state index in [-0.39, 0.29) is 6.04 Å². The molecule has 0 aliphatic carbocycles. The molecule has 2 unspecified atom stereocenters.